The molecule has 0 radical (unpaired) electrons. The Morgan fingerprint density at radius 1 is 1.14 bits per heavy atom. The molecule has 0 aliphatic heterocycles. The zero-order valence-corrected chi connectivity index (χ0v) is 14.2. The molecular weight excluding hydrogens is 275 g/mol. The molecule has 0 spiro atoms. The molecule has 21 heavy (non-hydrogen) atoms. The smallest absolute Gasteiger partial charge is 0.341 e. The molecule has 0 fully saturated rings. The zero-order valence-electron chi connectivity index (χ0n) is 14.2. The van der Waals surface area contributed by atoms with Gasteiger partial charge in [-0.15, -0.1) is 0 Å². The summed E-state index contributed by atoms with van der Waals surface area (Å²) in [5.74, 6) is -2.06. The Labute approximate surface area is 127 Å². The topological polar surface area (TPSA) is 63.6 Å². The molecule has 0 aromatic heterocycles. The van der Waals surface area contributed by atoms with Gasteiger partial charge in [0.1, 0.15) is 0 Å². The summed E-state index contributed by atoms with van der Waals surface area (Å²) < 4.78 is 19.1. The van der Waals surface area contributed by atoms with Crippen molar-refractivity contribution in [1.82, 2.24) is 0 Å². The number of hydrogen-bond acceptors (Lipinski definition) is 3. The van der Waals surface area contributed by atoms with Crippen LogP contribution in [0.1, 0.15) is 61.3 Å². The van der Waals surface area contributed by atoms with Crippen molar-refractivity contribution in [2.75, 3.05) is 6.61 Å². The molecule has 0 aromatic rings. The van der Waals surface area contributed by atoms with Gasteiger partial charge in [0.2, 0.25) is 5.67 Å². The number of hydrogen-bond donors (Lipinski definition) is 1. The molecular formula is C16H29FO4. The number of ether oxygens (including phenoxy) is 1. The molecule has 0 heterocycles. The molecule has 0 amide bonds. The molecule has 0 aliphatic rings. The lowest BCUT2D eigenvalue weighted by molar-refractivity contribution is -0.156. The minimum Gasteiger partial charge on any atom is -0.479 e. The lowest BCUT2D eigenvalue weighted by Crippen LogP contribution is -2.38. The highest BCUT2D eigenvalue weighted by Gasteiger charge is 2.39. The van der Waals surface area contributed by atoms with Gasteiger partial charge in [-0.1, -0.05) is 41.5 Å². The summed E-state index contributed by atoms with van der Waals surface area (Å²) in [4.78, 5) is 22.8. The number of carbonyl (C=O) groups excluding carboxylic acids is 1. The lowest BCUT2D eigenvalue weighted by atomic mass is 9.82. The summed E-state index contributed by atoms with van der Waals surface area (Å²) in [5, 5.41) is 8.82. The largest absolute Gasteiger partial charge is 0.479 e. The fraction of sp³-hybridized carbons (Fsp3) is 0.875. The van der Waals surface area contributed by atoms with Gasteiger partial charge in [0.25, 0.3) is 0 Å². The van der Waals surface area contributed by atoms with E-state index in [1.54, 1.807) is 20.8 Å². The van der Waals surface area contributed by atoms with E-state index in [2.05, 4.69) is 0 Å². The number of carbonyl (C=O) groups is 2. The Morgan fingerprint density at radius 2 is 1.62 bits per heavy atom. The first kappa shape index (κ1) is 19.9. The Morgan fingerprint density at radius 3 is 2.00 bits per heavy atom. The summed E-state index contributed by atoms with van der Waals surface area (Å²) >= 11 is 0. The highest BCUT2D eigenvalue weighted by molar-refractivity contribution is 5.76. The van der Waals surface area contributed by atoms with E-state index in [1.165, 1.54) is 0 Å². The van der Waals surface area contributed by atoms with Gasteiger partial charge in [-0.2, -0.15) is 0 Å². The fourth-order valence-corrected chi connectivity index (χ4v) is 2.44. The van der Waals surface area contributed by atoms with E-state index in [0.717, 1.165) is 6.92 Å². The van der Waals surface area contributed by atoms with Crippen LogP contribution in [-0.2, 0) is 14.3 Å². The van der Waals surface area contributed by atoms with Gasteiger partial charge in [0, 0.05) is 11.8 Å². The molecule has 0 saturated carbocycles. The summed E-state index contributed by atoms with van der Waals surface area (Å²) in [7, 11) is 0. The molecule has 4 nitrogen and oxygen atoms in total. The Balaban J connectivity index is 4.50. The van der Waals surface area contributed by atoms with Crippen molar-refractivity contribution >= 4 is 11.9 Å². The molecule has 0 bridgehead atoms. The molecule has 5 heteroatoms. The van der Waals surface area contributed by atoms with Crippen molar-refractivity contribution in [2.45, 2.75) is 67.0 Å². The van der Waals surface area contributed by atoms with Crippen LogP contribution in [0.4, 0.5) is 4.39 Å². The van der Waals surface area contributed by atoms with Crippen LogP contribution in [-0.4, -0.2) is 29.3 Å². The van der Waals surface area contributed by atoms with Gasteiger partial charge in [-0.3, -0.25) is 4.79 Å². The third kappa shape index (κ3) is 8.02. The number of alkyl halides is 1. The average Bonchev–Trinajstić information content (AvgIpc) is 2.21. The van der Waals surface area contributed by atoms with Gasteiger partial charge in [0.05, 0.1) is 12.5 Å². The third-order valence-electron chi connectivity index (χ3n) is 3.18. The van der Waals surface area contributed by atoms with Crippen LogP contribution >= 0.6 is 0 Å². The second-order valence-corrected chi connectivity index (χ2v) is 8.12. The predicted molar refractivity (Wildman–Crippen MR) is 79.7 cm³/mol. The zero-order chi connectivity index (χ0) is 17.1. The van der Waals surface area contributed by atoms with Gasteiger partial charge < -0.3 is 9.84 Å². The molecule has 2 atom stereocenters. The first-order chi connectivity index (χ1) is 9.16. The second-order valence-electron chi connectivity index (χ2n) is 8.12. The highest BCUT2D eigenvalue weighted by Crippen LogP contribution is 2.32. The average molecular weight is 304 g/mol. The molecule has 0 aliphatic carbocycles. The Kier molecular flexibility index (Phi) is 6.39. The van der Waals surface area contributed by atoms with Crippen molar-refractivity contribution in [3.8, 4) is 0 Å². The number of aliphatic carboxylic acids is 1. The predicted octanol–water partition coefficient (Wildman–Crippen LogP) is 3.83. The minimum absolute atomic E-state index is 0.00705. The van der Waals surface area contributed by atoms with E-state index >= 15 is 0 Å². The quantitative estimate of drug-likeness (QED) is 0.726. The van der Waals surface area contributed by atoms with Gasteiger partial charge >= 0.3 is 11.9 Å². The fourth-order valence-electron chi connectivity index (χ4n) is 2.44. The number of halogens is 1. The van der Waals surface area contributed by atoms with Crippen LogP contribution < -0.4 is 0 Å². The van der Waals surface area contributed by atoms with Gasteiger partial charge in [-0.25, -0.2) is 9.18 Å². The monoisotopic (exact) mass is 304 g/mol. The van der Waals surface area contributed by atoms with E-state index in [1.807, 2.05) is 20.8 Å². The van der Waals surface area contributed by atoms with Crippen molar-refractivity contribution in [1.29, 1.82) is 0 Å². The first-order valence-corrected chi connectivity index (χ1v) is 7.25. The second kappa shape index (κ2) is 6.75. The maximum absolute atomic E-state index is 13.9. The highest BCUT2D eigenvalue weighted by atomic mass is 19.1. The maximum Gasteiger partial charge on any atom is 0.341 e. The van der Waals surface area contributed by atoms with E-state index in [4.69, 9.17) is 9.84 Å². The van der Waals surface area contributed by atoms with Crippen molar-refractivity contribution in [3.05, 3.63) is 0 Å². The van der Waals surface area contributed by atoms with Crippen molar-refractivity contribution in [2.24, 2.45) is 16.7 Å². The molecule has 0 aromatic carbocycles. The first-order valence-electron chi connectivity index (χ1n) is 7.25. The Bertz CT molecular complexity index is 380. The van der Waals surface area contributed by atoms with Gasteiger partial charge in [0.15, 0.2) is 0 Å². The van der Waals surface area contributed by atoms with E-state index in [-0.39, 0.29) is 30.3 Å². The van der Waals surface area contributed by atoms with Crippen LogP contribution in [0.2, 0.25) is 0 Å². The van der Waals surface area contributed by atoms with Crippen molar-refractivity contribution < 1.29 is 23.8 Å². The Hall–Kier alpha value is -1.13. The number of carboxylic acids is 1. The standard InChI is InChI=1S/C16H29FO4/c1-11(8-14(2,3)4)12(18)21-10-15(5,6)9-16(7,17)13(19)20/h11H,8-10H2,1-7H3,(H,19,20). The van der Waals surface area contributed by atoms with Gasteiger partial charge in [-0.05, 0) is 18.8 Å². The molecule has 0 rings (SSSR count). The summed E-state index contributed by atoms with van der Waals surface area (Å²) in [6, 6.07) is 0. The van der Waals surface area contributed by atoms with E-state index in [0.29, 0.717) is 6.42 Å². The molecule has 124 valence electrons. The van der Waals surface area contributed by atoms with E-state index in [9.17, 15) is 14.0 Å². The maximum atomic E-state index is 13.9. The van der Waals surface area contributed by atoms with Crippen LogP contribution in [0.5, 0.6) is 0 Å². The van der Waals surface area contributed by atoms with Crippen LogP contribution in [0.15, 0.2) is 0 Å². The summed E-state index contributed by atoms with van der Waals surface area (Å²) in [5.41, 5.74) is -3.04. The van der Waals surface area contributed by atoms with E-state index < -0.39 is 17.1 Å². The van der Waals surface area contributed by atoms with Crippen LogP contribution in [0.25, 0.3) is 0 Å². The van der Waals surface area contributed by atoms with Crippen LogP contribution in [0.3, 0.4) is 0 Å². The molecule has 1 N–H and O–H groups in total. The summed E-state index contributed by atoms with van der Waals surface area (Å²) in [6.07, 6.45) is 0.485. The normalized spacial score (nSPS) is 17.0. The number of carboxylic acid groups (broad SMARTS) is 1. The minimum atomic E-state index is -2.33. The van der Waals surface area contributed by atoms with Crippen LogP contribution in [0, 0.1) is 16.7 Å². The SMILES string of the molecule is CC(CC(C)(C)C)C(=O)OCC(C)(C)CC(C)(F)C(=O)O. The molecule has 2 unspecified atom stereocenters. The molecule has 0 saturated heterocycles. The lowest BCUT2D eigenvalue weighted by Gasteiger charge is -2.30. The number of rotatable bonds is 7. The number of esters is 1. The van der Waals surface area contributed by atoms with Crippen molar-refractivity contribution in [3.63, 3.8) is 0 Å². The third-order valence-corrected chi connectivity index (χ3v) is 3.18. The summed E-state index contributed by atoms with van der Waals surface area (Å²) in [6.45, 7) is 12.3.